The number of anilines is 2. The van der Waals surface area contributed by atoms with Crippen LogP contribution in [-0.4, -0.2) is 9.55 Å². The molecule has 0 aliphatic rings. The van der Waals surface area contributed by atoms with E-state index in [9.17, 15) is 0 Å². The molecule has 0 atom stereocenters. The molecule has 0 aliphatic carbocycles. The van der Waals surface area contributed by atoms with Crippen LogP contribution in [0.4, 0.5) is 11.6 Å². The summed E-state index contributed by atoms with van der Waals surface area (Å²) in [4.78, 5) is 4.57. The minimum Gasteiger partial charge on any atom is -0.326 e. The van der Waals surface area contributed by atoms with Crippen LogP contribution in [-0.2, 0) is 6.54 Å². The Morgan fingerprint density at radius 3 is 2.42 bits per heavy atom. The standard InChI is InChI=1S/C16H23N3/c1-5-6-7-19-11-14(4)17-16(19)18-15-9-12(2)8-13(3)10-15/h8-11H,5-7H2,1-4H3,(H,17,18). The molecule has 102 valence electrons. The van der Waals surface area contributed by atoms with Crippen molar-refractivity contribution in [2.24, 2.45) is 0 Å². The summed E-state index contributed by atoms with van der Waals surface area (Å²) in [5.41, 5.74) is 4.71. The van der Waals surface area contributed by atoms with Crippen LogP contribution in [0.3, 0.4) is 0 Å². The molecule has 0 unspecified atom stereocenters. The monoisotopic (exact) mass is 257 g/mol. The fourth-order valence-electron chi connectivity index (χ4n) is 2.32. The van der Waals surface area contributed by atoms with Crippen molar-refractivity contribution in [3.63, 3.8) is 0 Å². The predicted molar refractivity (Wildman–Crippen MR) is 81.1 cm³/mol. The molecule has 3 nitrogen and oxygen atoms in total. The zero-order chi connectivity index (χ0) is 13.8. The maximum Gasteiger partial charge on any atom is 0.207 e. The van der Waals surface area contributed by atoms with Gasteiger partial charge in [-0.3, -0.25) is 0 Å². The lowest BCUT2D eigenvalue weighted by Crippen LogP contribution is -2.03. The number of benzene rings is 1. The summed E-state index contributed by atoms with van der Waals surface area (Å²) in [6.45, 7) is 9.50. The number of unbranched alkanes of at least 4 members (excludes halogenated alkanes) is 1. The van der Waals surface area contributed by atoms with Gasteiger partial charge in [-0.25, -0.2) is 4.98 Å². The first-order valence-corrected chi connectivity index (χ1v) is 6.97. The Labute approximate surface area is 115 Å². The molecule has 0 aliphatic heterocycles. The van der Waals surface area contributed by atoms with Gasteiger partial charge >= 0.3 is 0 Å². The Morgan fingerprint density at radius 1 is 1.11 bits per heavy atom. The van der Waals surface area contributed by atoms with Gasteiger partial charge in [-0.1, -0.05) is 19.4 Å². The van der Waals surface area contributed by atoms with E-state index in [0.29, 0.717) is 0 Å². The van der Waals surface area contributed by atoms with Crippen molar-refractivity contribution in [1.82, 2.24) is 9.55 Å². The summed E-state index contributed by atoms with van der Waals surface area (Å²) in [7, 11) is 0. The molecule has 0 bridgehead atoms. The fraction of sp³-hybridized carbons (Fsp3) is 0.438. The normalized spacial score (nSPS) is 10.7. The Bertz CT molecular complexity index is 535. The molecule has 0 amide bonds. The first-order valence-electron chi connectivity index (χ1n) is 6.97. The second-order valence-corrected chi connectivity index (χ2v) is 5.25. The average molecular weight is 257 g/mol. The van der Waals surface area contributed by atoms with E-state index < -0.39 is 0 Å². The first-order chi connectivity index (χ1) is 9.08. The van der Waals surface area contributed by atoms with Gasteiger partial charge in [-0.15, -0.1) is 0 Å². The number of nitrogens with zero attached hydrogens (tertiary/aromatic N) is 2. The minimum absolute atomic E-state index is 0.941. The van der Waals surface area contributed by atoms with Gasteiger partial charge in [0.15, 0.2) is 0 Å². The molecule has 0 saturated carbocycles. The highest BCUT2D eigenvalue weighted by molar-refractivity contribution is 5.56. The van der Waals surface area contributed by atoms with Crippen LogP contribution in [0.5, 0.6) is 0 Å². The molecule has 0 radical (unpaired) electrons. The van der Waals surface area contributed by atoms with E-state index in [1.54, 1.807) is 0 Å². The number of hydrogen-bond donors (Lipinski definition) is 1. The Hall–Kier alpha value is -1.77. The van der Waals surface area contributed by atoms with Crippen molar-refractivity contribution < 1.29 is 0 Å². The van der Waals surface area contributed by atoms with Crippen molar-refractivity contribution in [1.29, 1.82) is 0 Å². The maximum atomic E-state index is 4.57. The Balaban J connectivity index is 2.22. The van der Waals surface area contributed by atoms with Gasteiger partial charge in [0.1, 0.15) is 0 Å². The number of aryl methyl sites for hydroxylation is 4. The number of aromatic nitrogens is 2. The lowest BCUT2D eigenvalue weighted by molar-refractivity contribution is 0.637. The highest BCUT2D eigenvalue weighted by Crippen LogP contribution is 2.19. The van der Waals surface area contributed by atoms with Gasteiger partial charge in [0.25, 0.3) is 0 Å². The van der Waals surface area contributed by atoms with Gasteiger partial charge in [0, 0.05) is 18.4 Å². The van der Waals surface area contributed by atoms with E-state index in [0.717, 1.165) is 23.9 Å². The highest BCUT2D eigenvalue weighted by atomic mass is 15.2. The third-order valence-corrected chi connectivity index (χ3v) is 3.13. The van der Waals surface area contributed by atoms with Crippen molar-refractivity contribution in [2.75, 3.05) is 5.32 Å². The van der Waals surface area contributed by atoms with E-state index in [1.807, 2.05) is 6.92 Å². The lowest BCUT2D eigenvalue weighted by atomic mass is 10.1. The summed E-state index contributed by atoms with van der Waals surface area (Å²) >= 11 is 0. The third kappa shape index (κ3) is 3.60. The molecule has 1 aromatic carbocycles. The predicted octanol–water partition coefficient (Wildman–Crippen LogP) is 4.35. The quantitative estimate of drug-likeness (QED) is 0.863. The van der Waals surface area contributed by atoms with Crippen molar-refractivity contribution in [3.8, 4) is 0 Å². The average Bonchev–Trinajstić information content (AvgIpc) is 2.65. The maximum absolute atomic E-state index is 4.57. The number of imidazole rings is 1. The number of rotatable bonds is 5. The molecule has 0 saturated heterocycles. The van der Waals surface area contributed by atoms with Crippen LogP contribution in [0.25, 0.3) is 0 Å². The molecule has 1 aromatic heterocycles. The highest BCUT2D eigenvalue weighted by Gasteiger charge is 2.06. The van der Waals surface area contributed by atoms with Crippen molar-refractivity contribution in [3.05, 3.63) is 41.2 Å². The van der Waals surface area contributed by atoms with Crippen LogP contribution >= 0.6 is 0 Å². The van der Waals surface area contributed by atoms with E-state index in [1.165, 1.54) is 24.0 Å². The summed E-state index contributed by atoms with van der Waals surface area (Å²) < 4.78 is 2.20. The number of hydrogen-bond acceptors (Lipinski definition) is 2. The molecule has 0 spiro atoms. The SMILES string of the molecule is CCCCn1cc(C)nc1Nc1cc(C)cc(C)c1. The smallest absolute Gasteiger partial charge is 0.207 e. The van der Waals surface area contributed by atoms with Gasteiger partial charge < -0.3 is 9.88 Å². The summed E-state index contributed by atoms with van der Waals surface area (Å²) in [5, 5.41) is 3.44. The van der Waals surface area contributed by atoms with Crippen LogP contribution in [0.15, 0.2) is 24.4 Å². The molecule has 2 rings (SSSR count). The summed E-state index contributed by atoms with van der Waals surface area (Å²) in [5.74, 6) is 0.941. The van der Waals surface area contributed by atoms with Crippen molar-refractivity contribution in [2.45, 2.75) is 47.1 Å². The second-order valence-electron chi connectivity index (χ2n) is 5.25. The van der Waals surface area contributed by atoms with Crippen LogP contribution in [0, 0.1) is 20.8 Å². The van der Waals surface area contributed by atoms with Gasteiger partial charge in [-0.05, 0) is 50.5 Å². The molecule has 2 aromatic rings. The molecular formula is C16H23N3. The molecular weight excluding hydrogens is 234 g/mol. The Morgan fingerprint density at radius 2 is 1.79 bits per heavy atom. The second kappa shape index (κ2) is 5.91. The van der Waals surface area contributed by atoms with Crippen molar-refractivity contribution >= 4 is 11.6 Å². The Kier molecular flexibility index (Phi) is 4.25. The molecule has 1 heterocycles. The van der Waals surface area contributed by atoms with Gasteiger partial charge in [-0.2, -0.15) is 0 Å². The lowest BCUT2D eigenvalue weighted by Gasteiger charge is -2.10. The minimum atomic E-state index is 0.941. The fourth-order valence-corrected chi connectivity index (χ4v) is 2.32. The van der Waals surface area contributed by atoms with E-state index in [-0.39, 0.29) is 0 Å². The molecule has 19 heavy (non-hydrogen) atoms. The van der Waals surface area contributed by atoms with Gasteiger partial charge in [0.2, 0.25) is 5.95 Å². The topological polar surface area (TPSA) is 29.9 Å². The first kappa shape index (κ1) is 13.7. The largest absolute Gasteiger partial charge is 0.326 e. The molecule has 0 fully saturated rings. The van der Waals surface area contributed by atoms with E-state index >= 15 is 0 Å². The summed E-state index contributed by atoms with van der Waals surface area (Å²) in [6.07, 6.45) is 4.48. The third-order valence-electron chi connectivity index (χ3n) is 3.13. The summed E-state index contributed by atoms with van der Waals surface area (Å²) in [6, 6.07) is 6.49. The van der Waals surface area contributed by atoms with E-state index in [2.05, 4.69) is 60.0 Å². The number of nitrogens with one attached hydrogen (secondary N) is 1. The zero-order valence-electron chi connectivity index (χ0n) is 12.3. The van der Waals surface area contributed by atoms with Crippen LogP contribution in [0.2, 0.25) is 0 Å². The molecule has 3 heteroatoms. The zero-order valence-corrected chi connectivity index (χ0v) is 12.3. The van der Waals surface area contributed by atoms with Crippen LogP contribution in [0.1, 0.15) is 36.6 Å². The van der Waals surface area contributed by atoms with Crippen LogP contribution < -0.4 is 5.32 Å². The van der Waals surface area contributed by atoms with Gasteiger partial charge in [0.05, 0.1) is 5.69 Å². The molecule has 1 N–H and O–H groups in total. The van der Waals surface area contributed by atoms with E-state index in [4.69, 9.17) is 0 Å².